The summed E-state index contributed by atoms with van der Waals surface area (Å²) in [7, 11) is 0. The summed E-state index contributed by atoms with van der Waals surface area (Å²) in [5.74, 6) is 1.73. The monoisotopic (exact) mass is 384 g/mol. The van der Waals surface area contributed by atoms with Gasteiger partial charge in [-0.3, -0.25) is 0 Å². The normalized spacial score (nSPS) is 11.0. The molecule has 0 fully saturated rings. The van der Waals surface area contributed by atoms with Gasteiger partial charge in [0.1, 0.15) is 5.75 Å². The molecule has 27 heavy (non-hydrogen) atoms. The van der Waals surface area contributed by atoms with Crippen molar-refractivity contribution >= 4 is 18.4 Å². The highest BCUT2D eigenvalue weighted by atomic mass is 32.1. The molecule has 0 aliphatic heterocycles. The molecule has 0 radical (unpaired) electrons. The van der Waals surface area contributed by atoms with E-state index >= 15 is 0 Å². The molecule has 0 atom stereocenters. The fourth-order valence-corrected chi connectivity index (χ4v) is 2.69. The molecule has 0 saturated heterocycles. The molecule has 0 spiro atoms. The molecule has 2 aromatic carbocycles. The molecule has 1 heterocycles. The second-order valence-corrected chi connectivity index (χ2v) is 5.88. The smallest absolute Gasteiger partial charge is 0.216 e. The molecule has 0 aliphatic carbocycles. The fraction of sp³-hybridized carbons (Fsp3) is 0.211. The number of nitrogens with one attached hydrogen (secondary N) is 1. The maximum absolute atomic E-state index is 9.82. The van der Waals surface area contributed by atoms with E-state index in [4.69, 9.17) is 21.7 Å². The van der Waals surface area contributed by atoms with Crippen LogP contribution < -0.4 is 9.47 Å². The molecular formula is C19H20N4O3S. The number of para-hydroxylation sites is 1. The van der Waals surface area contributed by atoms with Crippen LogP contribution in [0.3, 0.4) is 0 Å². The predicted molar refractivity (Wildman–Crippen MR) is 106 cm³/mol. The number of aromatic nitrogens is 3. The Balaban J connectivity index is 1.98. The van der Waals surface area contributed by atoms with Crippen molar-refractivity contribution in [3.8, 4) is 28.6 Å². The first-order valence-corrected chi connectivity index (χ1v) is 8.94. The number of phenolic OH excluding ortho intramolecular Hbond substituents is 1. The Kier molecular flexibility index (Phi) is 5.87. The Morgan fingerprint density at radius 1 is 1.15 bits per heavy atom. The van der Waals surface area contributed by atoms with E-state index in [1.807, 2.05) is 38.1 Å². The molecule has 0 bridgehead atoms. The van der Waals surface area contributed by atoms with Gasteiger partial charge in [-0.25, -0.2) is 5.10 Å². The standard InChI is InChI=1S/C19H20N4O3S/c1-3-25-16-8-6-5-7-14(16)18-21-22-19(27)23(18)20-12-13-9-10-15(24)17(11-13)26-4-2/h5-12,24H,3-4H2,1-2H3,(H,22,27)/b20-12+. The third-order valence-corrected chi connectivity index (χ3v) is 3.95. The number of phenols is 1. The minimum atomic E-state index is 0.0836. The van der Waals surface area contributed by atoms with Gasteiger partial charge in [-0.05, 0) is 62.0 Å². The minimum absolute atomic E-state index is 0.0836. The Bertz CT molecular complexity index is 1010. The fourth-order valence-electron chi connectivity index (χ4n) is 2.51. The van der Waals surface area contributed by atoms with Crippen LogP contribution in [-0.2, 0) is 0 Å². The molecule has 3 aromatic rings. The van der Waals surface area contributed by atoms with Crippen LogP contribution >= 0.6 is 12.2 Å². The summed E-state index contributed by atoms with van der Waals surface area (Å²) in [6.07, 6.45) is 1.63. The molecule has 0 unspecified atom stereocenters. The number of H-pyrrole nitrogens is 1. The number of benzene rings is 2. The minimum Gasteiger partial charge on any atom is -0.504 e. The number of nitrogens with zero attached hydrogens (tertiary/aromatic N) is 3. The number of aromatic hydroxyl groups is 1. The second kappa shape index (κ2) is 8.50. The summed E-state index contributed by atoms with van der Waals surface area (Å²) in [4.78, 5) is 0. The van der Waals surface area contributed by atoms with E-state index in [1.54, 1.807) is 24.4 Å². The molecule has 3 rings (SSSR count). The van der Waals surface area contributed by atoms with Gasteiger partial charge in [-0.1, -0.05) is 12.1 Å². The summed E-state index contributed by atoms with van der Waals surface area (Å²) in [6, 6.07) is 12.6. The van der Waals surface area contributed by atoms with Crippen LogP contribution in [0.15, 0.2) is 47.6 Å². The zero-order chi connectivity index (χ0) is 19.2. The van der Waals surface area contributed by atoms with E-state index in [0.717, 1.165) is 11.1 Å². The molecule has 0 amide bonds. The largest absolute Gasteiger partial charge is 0.504 e. The van der Waals surface area contributed by atoms with Crippen LogP contribution in [0.5, 0.6) is 17.2 Å². The number of rotatable bonds is 7. The zero-order valence-corrected chi connectivity index (χ0v) is 15.9. The first-order valence-electron chi connectivity index (χ1n) is 8.53. The van der Waals surface area contributed by atoms with Crippen LogP contribution in [-0.4, -0.2) is 39.4 Å². The van der Waals surface area contributed by atoms with Crippen molar-refractivity contribution < 1.29 is 14.6 Å². The number of hydrogen-bond acceptors (Lipinski definition) is 6. The van der Waals surface area contributed by atoms with Gasteiger partial charge in [0.05, 0.1) is 25.0 Å². The summed E-state index contributed by atoms with van der Waals surface area (Å²) in [5, 5.41) is 21.3. The first-order chi connectivity index (χ1) is 13.1. The average Bonchev–Trinajstić information content (AvgIpc) is 3.04. The van der Waals surface area contributed by atoms with E-state index in [2.05, 4.69) is 15.3 Å². The van der Waals surface area contributed by atoms with E-state index in [0.29, 0.717) is 35.3 Å². The Hall–Kier alpha value is -3.13. The molecule has 8 heteroatoms. The van der Waals surface area contributed by atoms with Gasteiger partial charge >= 0.3 is 0 Å². The SMILES string of the molecule is CCOc1cc(/C=N/n2c(-c3ccccc3OCC)n[nH]c2=S)ccc1O. The van der Waals surface area contributed by atoms with Crippen LogP contribution in [0.2, 0.25) is 0 Å². The highest BCUT2D eigenvalue weighted by Gasteiger charge is 2.13. The Labute approximate surface area is 161 Å². The van der Waals surface area contributed by atoms with Crippen LogP contribution in [0.4, 0.5) is 0 Å². The molecule has 0 aliphatic rings. The highest BCUT2D eigenvalue weighted by molar-refractivity contribution is 7.71. The topological polar surface area (TPSA) is 84.7 Å². The van der Waals surface area contributed by atoms with Gasteiger partial charge in [0.2, 0.25) is 4.77 Å². The van der Waals surface area contributed by atoms with E-state index in [9.17, 15) is 5.11 Å². The lowest BCUT2D eigenvalue weighted by Crippen LogP contribution is -1.99. The van der Waals surface area contributed by atoms with Crippen molar-refractivity contribution in [3.63, 3.8) is 0 Å². The second-order valence-electron chi connectivity index (χ2n) is 5.50. The quantitative estimate of drug-likeness (QED) is 0.475. The van der Waals surface area contributed by atoms with Crippen LogP contribution in [0.1, 0.15) is 19.4 Å². The van der Waals surface area contributed by atoms with Gasteiger partial charge in [0.15, 0.2) is 17.3 Å². The lowest BCUT2D eigenvalue weighted by molar-refractivity contribution is 0.318. The van der Waals surface area contributed by atoms with Crippen molar-refractivity contribution in [1.29, 1.82) is 0 Å². The lowest BCUT2D eigenvalue weighted by atomic mass is 10.2. The first kappa shape index (κ1) is 18.7. The summed E-state index contributed by atoms with van der Waals surface area (Å²) in [5.41, 5.74) is 1.54. The van der Waals surface area contributed by atoms with Crippen molar-refractivity contribution in [3.05, 3.63) is 52.8 Å². The molecule has 2 N–H and O–H groups in total. The van der Waals surface area contributed by atoms with Crippen molar-refractivity contribution in [2.45, 2.75) is 13.8 Å². The van der Waals surface area contributed by atoms with E-state index in [1.165, 1.54) is 4.68 Å². The summed E-state index contributed by atoms with van der Waals surface area (Å²) < 4.78 is 13.0. The van der Waals surface area contributed by atoms with Gasteiger partial charge in [-0.2, -0.15) is 14.9 Å². The predicted octanol–water partition coefficient (Wildman–Crippen LogP) is 3.99. The van der Waals surface area contributed by atoms with E-state index < -0.39 is 0 Å². The average molecular weight is 384 g/mol. The van der Waals surface area contributed by atoms with Crippen molar-refractivity contribution in [2.24, 2.45) is 5.10 Å². The molecule has 7 nitrogen and oxygen atoms in total. The zero-order valence-electron chi connectivity index (χ0n) is 15.0. The Morgan fingerprint density at radius 3 is 2.67 bits per heavy atom. The van der Waals surface area contributed by atoms with Crippen molar-refractivity contribution in [2.75, 3.05) is 13.2 Å². The van der Waals surface area contributed by atoms with Crippen molar-refractivity contribution in [1.82, 2.24) is 14.9 Å². The summed E-state index contributed by atoms with van der Waals surface area (Å²) in [6.45, 7) is 4.78. The van der Waals surface area contributed by atoms with Gasteiger partial charge in [0.25, 0.3) is 0 Å². The van der Waals surface area contributed by atoms with Crippen LogP contribution in [0.25, 0.3) is 11.4 Å². The van der Waals surface area contributed by atoms with Gasteiger partial charge in [0, 0.05) is 0 Å². The maximum atomic E-state index is 9.82. The Morgan fingerprint density at radius 2 is 1.89 bits per heavy atom. The molecule has 1 aromatic heterocycles. The third kappa shape index (κ3) is 4.17. The molecule has 140 valence electrons. The van der Waals surface area contributed by atoms with Crippen LogP contribution in [0, 0.1) is 4.77 Å². The highest BCUT2D eigenvalue weighted by Crippen LogP contribution is 2.29. The number of hydrogen-bond donors (Lipinski definition) is 2. The van der Waals surface area contributed by atoms with E-state index in [-0.39, 0.29) is 5.75 Å². The number of aromatic amines is 1. The molecular weight excluding hydrogens is 364 g/mol. The summed E-state index contributed by atoms with van der Waals surface area (Å²) >= 11 is 5.31. The van der Waals surface area contributed by atoms with Gasteiger partial charge in [-0.15, -0.1) is 0 Å². The number of ether oxygens (including phenoxy) is 2. The third-order valence-electron chi connectivity index (χ3n) is 3.68. The van der Waals surface area contributed by atoms with Gasteiger partial charge < -0.3 is 14.6 Å². The lowest BCUT2D eigenvalue weighted by Gasteiger charge is -2.09. The molecule has 0 saturated carbocycles. The maximum Gasteiger partial charge on any atom is 0.216 e.